The molecule has 0 aromatic heterocycles. The van der Waals surface area contributed by atoms with Crippen LogP contribution in [0, 0.1) is 11.8 Å². The molecular weight excluding hydrogens is 250 g/mol. The molecule has 0 saturated carbocycles. The summed E-state index contributed by atoms with van der Waals surface area (Å²) in [5.74, 6) is 5.53. The second kappa shape index (κ2) is 4.52. The van der Waals surface area contributed by atoms with Crippen molar-refractivity contribution in [3.63, 3.8) is 0 Å². The predicted molar refractivity (Wildman–Crippen MR) is 75.8 cm³/mol. The van der Waals surface area contributed by atoms with Crippen molar-refractivity contribution >= 4 is 5.91 Å². The maximum absolute atomic E-state index is 12.1. The van der Waals surface area contributed by atoms with E-state index in [1.807, 2.05) is 30.3 Å². The highest BCUT2D eigenvalue weighted by atomic mass is 16.3. The van der Waals surface area contributed by atoms with E-state index in [-0.39, 0.29) is 5.91 Å². The SMILES string of the molecule is CN1C(=O)c2ccccc2[C@@]1(O)C#Cc1ccccc1. The normalized spacial score (nSPS) is 20.3. The molecule has 3 heteroatoms. The van der Waals surface area contributed by atoms with Gasteiger partial charge in [-0.15, -0.1) is 0 Å². The lowest BCUT2D eigenvalue weighted by molar-refractivity contribution is -0.0223. The van der Waals surface area contributed by atoms with Gasteiger partial charge in [-0.1, -0.05) is 42.3 Å². The van der Waals surface area contributed by atoms with Gasteiger partial charge in [-0.3, -0.25) is 9.69 Å². The number of rotatable bonds is 0. The van der Waals surface area contributed by atoms with Gasteiger partial charge in [0.05, 0.1) is 0 Å². The zero-order valence-corrected chi connectivity index (χ0v) is 11.0. The van der Waals surface area contributed by atoms with Gasteiger partial charge in [0.2, 0.25) is 5.72 Å². The van der Waals surface area contributed by atoms with Crippen LogP contribution in [0.5, 0.6) is 0 Å². The minimum Gasteiger partial charge on any atom is -0.357 e. The monoisotopic (exact) mass is 263 g/mol. The molecule has 1 heterocycles. The smallest absolute Gasteiger partial charge is 0.257 e. The molecule has 98 valence electrons. The van der Waals surface area contributed by atoms with E-state index in [4.69, 9.17) is 0 Å². The number of nitrogens with zero attached hydrogens (tertiary/aromatic N) is 1. The molecule has 1 atom stereocenters. The lowest BCUT2D eigenvalue weighted by atomic mass is 10.0. The van der Waals surface area contributed by atoms with Crippen LogP contribution in [-0.4, -0.2) is 23.0 Å². The summed E-state index contributed by atoms with van der Waals surface area (Å²) in [6.45, 7) is 0. The summed E-state index contributed by atoms with van der Waals surface area (Å²) in [7, 11) is 1.56. The van der Waals surface area contributed by atoms with Crippen molar-refractivity contribution in [3.05, 3.63) is 71.3 Å². The summed E-state index contributed by atoms with van der Waals surface area (Å²) in [5, 5.41) is 10.8. The molecule has 1 aliphatic heterocycles. The van der Waals surface area contributed by atoms with Crippen LogP contribution in [0.25, 0.3) is 0 Å². The minimum atomic E-state index is -1.57. The third kappa shape index (κ3) is 1.78. The van der Waals surface area contributed by atoms with Gasteiger partial charge < -0.3 is 5.11 Å². The van der Waals surface area contributed by atoms with E-state index in [2.05, 4.69) is 11.8 Å². The Labute approximate surface area is 117 Å². The van der Waals surface area contributed by atoms with Crippen molar-refractivity contribution in [3.8, 4) is 11.8 Å². The predicted octanol–water partition coefficient (Wildman–Crippen LogP) is 1.97. The van der Waals surface area contributed by atoms with Gasteiger partial charge in [-0.2, -0.15) is 0 Å². The Morgan fingerprint density at radius 3 is 2.45 bits per heavy atom. The molecule has 1 N–H and O–H groups in total. The number of amides is 1. The molecule has 2 aromatic carbocycles. The van der Waals surface area contributed by atoms with E-state index >= 15 is 0 Å². The number of fused-ring (bicyclic) bond motifs is 1. The lowest BCUT2D eigenvalue weighted by Crippen LogP contribution is -2.39. The van der Waals surface area contributed by atoms with Crippen LogP contribution in [0.3, 0.4) is 0 Å². The van der Waals surface area contributed by atoms with E-state index in [0.717, 1.165) is 5.56 Å². The molecule has 2 aromatic rings. The van der Waals surface area contributed by atoms with Crippen LogP contribution in [-0.2, 0) is 5.72 Å². The first kappa shape index (κ1) is 12.5. The van der Waals surface area contributed by atoms with Crippen LogP contribution in [0.2, 0.25) is 0 Å². The first-order valence-electron chi connectivity index (χ1n) is 6.31. The summed E-state index contributed by atoms with van der Waals surface area (Å²) in [5.41, 5.74) is 0.269. The average molecular weight is 263 g/mol. The molecule has 3 nitrogen and oxygen atoms in total. The van der Waals surface area contributed by atoms with Crippen LogP contribution < -0.4 is 0 Å². The van der Waals surface area contributed by atoms with Gasteiger partial charge in [0.1, 0.15) is 0 Å². The van der Waals surface area contributed by atoms with Crippen LogP contribution >= 0.6 is 0 Å². The van der Waals surface area contributed by atoms with E-state index in [1.54, 1.807) is 31.3 Å². The highest BCUT2D eigenvalue weighted by molar-refractivity contribution is 6.00. The highest BCUT2D eigenvalue weighted by Gasteiger charge is 2.45. The zero-order valence-electron chi connectivity index (χ0n) is 11.0. The Bertz CT molecular complexity index is 727. The summed E-state index contributed by atoms with van der Waals surface area (Å²) >= 11 is 0. The minimum absolute atomic E-state index is 0.217. The third-order valence-electron chi connectivity index (χ3n) is 3.48. The van der Waals surface area contributed by atoms with Crippen molar-refractivity contribution < 1.29 is 9.90 Å². The molecular formula is C17H13NO2. The zero-order chi connectivity index (χ0) is 14.2. The first-order chi connectivity index (χ1) is 9.63. The van der Waals surface area contributed by atoms with Crippen molar-refractivity contribution in [1.82, 2.24) is 4.90 Å². The molecule has 1 aliphatic rings. The van der Waals surface area contributed by atoms with E-state index in [9.17, 15) is 9.90 Å². The number of benzene rings is 2. The summed E-state index contributed by atoms with van der Waals surface area (Å²) in [6, 6.07) is 16.4. The van der Waals surface area contributed by atoms with Gasteiger partial charge in [-0.25, -0.2) is 0 Å². The fraction of sp³-hybridized carbons (Fsp3) is 0.118. The maximum Gasteiger partial charge on any atom is 0.257 e. The number of aliphatic hydroxyl groups is 1. The summed E-state index contributed by atoms with van der Waals surface area (Å²) in [6.07, 6.45) is 0. The van der Waals surface area contributed by atoms with Gasteiger partial charge >= 0.3 is 0 Å². The first-order valence-corrected chi connectivity index (χ1v) is 6.31. The van der Waals surface area contributed by atoms with E-state index in [0.29, 0.717) is 11.1 Å². The van der Waals surface area contributed by atoms with E-state index in [1.165, 1.54) is 4.90 Å². The van der Waals surface area contributed by atoms with Crippen molar-refractivity contribution in [2.45, 2.75) is 5.72 Å². The standard InChI is InChI=1S/C17H13NO2/c1-18-16(19)14-9-5-6-10-15(14)17(18,20)12-11-13-7-3-2-4-8-13/h2-10,20H,1H3/t17-/m0/s1. The van der Waals surface area contributed by atoms with Crippen LogP contribution in [0.15, 0.2) is 54.6 Å². The van der Waals surface area contributed by atoms with Crippen molar-refractivity contribution in [2.75, 3.05) is 7.05 Å². The van der Waals surface area contributed by atoms with Gasteiger partial charge in [0, 0.05) is 23.7 Å². The molecule has 0 aliphatic carbocycles. The Morgan fingerprint density at radius 2 is 1.70 bits per heavy atom. The molecule has 0 unspecified atom stereocenters. The summed E-state index contributed by atoms with van der Waals surface area (Å²) in [4.78, 5) is 13.4. The second-order valence-electron chi connectivity index (χ2n) is 4.70. The lowest BCUT2D eigenvalue weighted by Gasteiger charge is -2.25. The number of hydrogen-bond acceptors (Lipinski definition) is 2. The summed E-state index contributed by atoms with van der Waals surface area (Å²) < 4.78 is 0. The topological polar surface area (TPSA) is 40.5 Å². The van der Waals surface area contributed by atoms with Crippen molar-refractivity contribution in [1.29, 1.82) is 0 Å². The fourth-order valence-corrected chi connectivity index (χ4v) is 2.31. The Hall–Kier alpha value is -2.57. The average Bonchev–Trinajstić information content (AvgIpc) is 2.69. The molecule has 0 radical (unpaired) electrons. The highest BCUT2D eigenvalue weighted by Crippen LogP contribution is 2.35. The molecule has 0 bridgehead atoms. The van der Waals surface area contributed by atoms with Crippen LogP contribution in [0.1, 0.15) is 21.5 Å². The maximum atomic E-state index is 12.1. The Kier molecular flexibility index (Phi) is 2.81. The van der Waals surface area contributed by atoms with Gasteiger partial charge in [0.15, 0.2) is 0 Å². The largest absolute Gasteiger partial charge is 0.357 e. The second-order valence-corrected chi connectivity index (χ2v) is 4.70. The molecule has 1 amide bonds. The third-order valence-corrected chi connectivity index (χ3v) is 3.48. The molecule has 3 rings (SSSR count). The van der Waals surface area contributed by atoms with Crippen molar-refractivity contribution in [2.24, 2.45) is 0 Å². The number of carbonyl (C=O) groups is 1. The Morgan fingerprint density at radius 1 is 1.05 bits per heavy atom. The molecule has 0 saturated heterocycles. The van der Waals surface area contributed by atoms with E-state index < -0.39 is 5.72 Å². The fourth-order valence-electron chi connectivity index (χ4n) is 2.31. The molecule has 0 fully saturated rings. The number of carbonyl (C=O) groups excluding carboxylic acids is 1. The molecule has 0 spiro atoms. The van der Waals surface area contributed by atoms with Gasteiger partial charge in [-0.05, 0) is 24.1 Å². The quantitative estimate of drug-likeness (QED) is 0.738. The number of hydrogen-bond donors (Lipinski definition) is 1. The molecule has 20 heavy (non-hydrogen) atoms. The van der Waals surface area contributed by atoms with Gasteiger partial charge in [0.25, 0.3) is 5.91 Å². The van der Waals surface area contributed by atoms with Crippen LogP contribution in [0.4, 0.5) is 0 Å². The Balaban J connectivity index is 2.09.